The van der Waals surface area contributed by atoms with E-state index in [0.717, 1.165) is 0 Å². The second-order valence-corrected chi connectivity index (χ2v) is 6.12. The van der Waals surface area contributed by atoms with Gasteiger partial charge in [0.2, 0.25) is 0 Å². The van der Waals surface area contributed by atoms with E-state index in [1.807, 2.05) is 26.8 Å². The second kappa shape index (κ2) is 6.05. The Kier molecular flexibility index (Phi) is 4.35. The van der Waals surface area contributed by atoms with Crippen molar-refractivity contribution < 1.29 is 9.59 Å². The molecule has 22 heavy (non-hydrogen) atoms. The van der Waals surface area contributed by atoms with E-state index >= 15 is 0 Å². The number of nitrogens with zero attached hydrogens (tertiary/aromatic N) is 2. The Bertz CT molecular complexity index is 669. The lowest BCUT2D eigenvalue weighted by molar-refractivity contribution is 0.0350. The number of carbonyl (C=O) groups excluding carboxylic acids is 2. The molecule has 0 fully saturated rings. The van der Waals surface area contributed by atoms with Gasteiger partial charge in [-0.15, -0.1) is 0 Å². The van der Waals surface area contributed by atoms with Crippen LogP contribution in [0.25, 0.3) is 0 Å². The van der Waals surface area contributed by atoms with Gasteiger partial charge in [-0.2, -0.15) is 0 Å². The van der Waals surface area contributed by atoms with Gasteiger partial charge >= 0.3 is 0 Å². The zero-order valence-corrected chi connectivity index (χ0v) is 13.3. The highest BCUT2D eigenvalue weighted by atomic mass is 16.2. The molecule has 116 valence electrons. The van der Waals surface area contributed by atoms with Crippen LogP contribution in [0.5, 0.6) is 0 Å². The largest absolute Gasteiger partial charge is 0.347 e. The van der Waals surface area contributed by atoms with Gasteiger partial charge < -0.3 is 4.57 Å². The minimum atomic E-state index is -0.550. The minimum Gasteiger partial charge on any atom is -0.347 e. The van der Waals surface area contributed by atoms with Gasteiger partial charge in [0, 0.05) is 18.8 Å². The quantitative estimate of drug-likeness (QED) is 0.867. The molecule has 0 saturated carbocycles. The Morgan fingerprint density at radius 3 is 2.18 bits per heavy atom. The molecule has 0 aliphatic heterocycles. The van der Waals surface area contributed by atoms with E-state index in [-0.39, 0.29) is 11.8 Å². The summed E-state index contributed by atoms with van der Waals surface area (Å²) >= 11 is 0. The number of nitrogens with one attached hydrogen (secondary N) is 1. The van der Waals surface area contributed by atoms with Crippen LogP contribution in [-0.4, -0.2) is 26.9 Å². The molecule has 0 atom stereocenters. The second-order valence-electron chi connectivity index (χ2n) is 6.12. The third kappa shape index (κ3) is 3.36. The highest BCUT2D eigenvalue weighted by Gasteiger charge is 2.30. The van der Waals surface area contributed by atoms with E-state index in [2.05, 4.69) is 5.43 Å². The average Bonchev–Trinajstić information content (AvgIpc) is 2.89. The van der Waals surface area contributed by atoms with Crippen molar-refractivity contribution in [1.82, 2.24) is 15.0 Å². The van der Waals surface area contributed by atoms with E-state index in [1.54, 1.807) is 54.2 Å². The molecule has 0 spiro atoms. The third-order valence-electron chi connectivity index (χ3n) is 3.29. The Hall–Kier alpha value is -2.56. The van der Waals surface area contributed by atoms with Crippen LogP contribution in [0.3, 0.4) is 0 Å². The van der Waals surface area contributed by atoms with Crippen molar-refractivity contribution in [2.75, 3.05) is 0 Å². The molecule has 1 aromatic carbocycles. The van der Waals surface area contributed by atoms with E-state index in [1.165, 1.54) is 5.01 Å². The van der Waals surface area contributed by atoms with Crippen molar-refractivity contribution in [2.24, 2.45) is 7.05 Å². The normalized spacial score (nSPS) is 11.1. The molecule has 0 unspecified atom stereocenters. The van der Waals surface area contributed by atoms with Crippen LogP contribution in [0.2, 0.25) is 0 Å². The smallest absolute Gasteiger partial charge is 0.289 e. The van der Waals surface area contributed by atoms with Crippen molar-refractivity contribution >= 4 is 11.8 Å². The van der Waals surface area contributed by atoms with Crippen LogP contribution in [0, 0.1) is 0 Å². The number of hydrogen-bond acceptors (Lipinski definition) is 2. The predicted molar refractivity (Wildman–Crippen MR) is 85.2 cm³/mol. The fourth-order valence-corrected chi connectivity index (χ4v) is 2.08. The van der Waals surface area contributed by atoms with Crippen LogP contribution in [0.1, 0.15) is 41.6 Å². The first-order valence-electron chi connectivity index (χ1n) is 7.12. The zero-order valence-electron chi connectivity index (χ0n) is 13.3. The van der Waals surface area contributed by atoms with Crippen molar-refractivity contribution in [3.8, 4) is 0 Å². The highest BCUT2D eigenvalue weighted by molar-refractivity contribution is 5.98. The van der Waals surface area contributed by atoms with E-state index in [4.69, 9.17) is 0 Å². The Morgan fingerprint density at radius 2 is 1.68 bits per heavy atom. The summed E-state index contributed by atoms with van der Waals surface area (Å²) in [4.78, 5) is 25.1. The lowest BCUT2D eigenvalue weighted by atomic mass is 10.1. The Labute approximate surface area is 130 Å². The van der Waals surface area contributed by atoms with Crippen LogP contribution >= 0.6 is 0 Å². The van der Waals surface area contributed by atoms with Gasteiger partial charge in [0.1, 0.15) is 5.69 Å². The maximum Gasteiger partial charge on any atom is 0.289 e. The van der Waals surface area contributed by atoms with Crippen LogP contribution in [-0.2, 0) is 7.05 Å². The molecule has 2 rings (SSSR count). The summed E-state index contributed by atoms with van der Waals surface area (Å²) in [7, 11) is 1.80. The molecule has 0 radical (unpaired) electrons. The molecular weight excluding hydrogens is 278 g/mol. The van der Waals surface area contributed by atoms with E-state index < -0.39 is 5.54 Å². The van der Waals surface area contributed by atoms with Crippen molar-refractivity contribution in [3.05, 3.63) is 59.9 Å². The molecule has 5 heteroatoms. The summed E-state index contributed by atoms with van der Waals surface area (Å²) in [5.74, 6) is -0.553. The minimum absolute atomic E-state index is 0.246. The van der Waals surface area contributed by atoms with E-state index in [0.29, 0.717) is 11.3 Å². The summed E-state index contributed by atoms with van der Waals surface area (Å²) < 4.78 is 1.73. The zero-order chi connectivity index (χ0) is 16.3. The van der Waals surface area contributed by atoms with Gasteiger partial charge in [-0.25, -0.2) is 5.01 Å². The van der Waals surface area contributed by atoms with Gasteiger partial charge in [-0.3, -0.25) is 15.0 Å². The first-order chi connectivity index (χ1) is 10.3. The summed E-state index contributed by atoms with van der Waals surface area (Å²) in [5.41, 5.74) is 3.20. The van der Waals surface area contributed by atoms with E-state index in [9.17, 15) is 9.59 Å². The Balaban J connectivity index is 2.27. The molecule has 0 aliphatic carbocycles. The standard InChI is InChI=1S/C17H21N3O2/c1-17(2,3)20(16(22)14-11-8-12-19(14)4)18-15(21)13-9-6-5-7-10-13/h5-12H,1-4H3,(H,18,21). The molecule has 2 amide bonds. The van der Waals surface area contributed by atoms with Gasteiger partial charge in [0.15, 0.2) is 0 Å². The number of aromatic nitrogens is 1. The summed E-state index contributed by atoms with van der Waals surface area (Å²) in [6.45, 7) is 5.62. The van der Waals surface area contributed by atoms with Gasteiger partial charge in [0.05, 0.1) is 5.54 Å². The number of hydrazine groups is 1. The molecule has 1 heterocycles. The maximum absolute atomic E-state index is 12.7. The number of hydrogen-bond donors (Lipinski definition) is 1. The van der Waals surface area contributed by atoms with Crippen molar-refractivity contribution in [2.45, 2.75) is 26.3 Å². The molecule has 2 aromatic rings. The van der Waals surface area contributed by atoms with Gasteiger partial charge in [-0.1, -0.05) is 18.2 Å². The van der Waals surface area contributed by atoms with Crippen LogP contribution in [0.4, 0.5) is 0 Å². The monoisotopic (exact) mass is 299 g/mol. The number of amides is 2. The number of aryl methyl sites for hydroxylation is 1. The molecular formula is C17H21N3O2. The Morgan fingerprint density at radius 1 is 1.05 bits per heavy atom. The number of carbonyl (C=O) groups is 2. The number of rotatable bonds is 2. The third-order valence-corrected chi connectivity index (χ3v) is 3.29. The molecule has 1 N–H and O–H groups in total. The SMILES string of the molecule is Cn1cccc1C(=O)N(NC(=O)c1ccccc1)C(C)(C)C. The molecule has 0 aliphatic rings. The number of benzene rings is 1. The molecule has 1 aromatic heterocycles. The molecule has 0 saturated heterocycles. The first-order valence-corrected chi connectivity index (χ1v) is 7.12. The fraction of sp³-hybridized carbons (Fsp3) is 0.294. The predicted octanol–water partition coefficient (Wildman–Crippen LogP) is 2.61. The van der Waals surface area contributed by atoms with Gasteiger partial charge in [0.25, 0.3) is 11.8 Å². The summed E-state index contributed by atoms with van der Waals surface area (Å²) in [6.07, 6.45) is 1.80. The van der Waals surface area contributed by atoms with Gasteiger partial charge in [-0.05, 0) is 45.0 Å². The maximum atomic E-state index is 12.7. The highest BCUT2D eigenvalue weighted by Crippen LogP contribution is 2.16. The lowest BCUT2D eigenvalue weighted by Gasteiger charge is -2.35. The fourth-order valence-electron chi connectivity index (χ4n) is 2.08. The van der Waals surface area contributed by atoms with Crippen LogP contribution < -0.4 is 5.43 Å². The summed E-state index contributed by atoms with van der Waals surface area (Å²) in [6, 6.07) is 12.4. The molecule has 5 nitrogen and oxygen atoms in total. The summed E-state index contributed by atoms with van der Waals surface area (Å²) in [5, 5.41) is 1.37. The van der Waals surface area contributed by atoms with Crippen LogP contribution in [0.15, 0.2) is 48.7 Å². The molecule has 0 bridgehead atoms. The first kappa shape index (κ1) is 15.8. The van der Waals surface area contributed by atoms with Crippen molar-refractivity contribution in [1.29, 1.82) is 0 Å². The van der Waals surface area contributed by atoms with Crippen molar-refractivity contribution in [3.63, 3.8) is 0 Å². The topological polar surface area (TPSA) is 54.3 Å². The average molecular weight is 299 g/mol. The lowest BCUT2D eigenvalue weighted by Crippen LogP contribution is -2.56.